The summed E-state index contributed by atoms with van der Waals surface area (Å²) < 4.78 is 0. The van der Waals surface area contributed by atoms with E-state index in [-0.39, 0.29) is 0 Å². The number of nitriles is 1. The summed E-state index contributed by atoms with van der Waals surface area (Å²) >= 11 is 1.51. The molecule has 14 heavy (non-hydrogen) atoms. The summed E-state index contributed by atoms with van der Waals surface area (Å²) in [5.74, 6) is 0. The maximum atomic E-state index is 8.91. The van der Waals surface area contributed by atoms with Gasteiger partial charge in [-0.3, -0.25) is 0 Å². The van der Waals surface area contributed by atoms with Gasteiger partial charge in [-0.2, -0.15) is 5.26 Å². The molecule has 2 rings (SSSR count). The van der Waals surface area contributed by atoms with Gasteiger partial charge in [0, 0.05) is 22.8 Å². The average molecular weight is 201 g/mol. The fourth-order valence-electron chi connectivity index (χ4n) is 1.17. The topological polar surface area (TPSA) is 49.6 Å². The Morgan fingerprint density at radius 2 is 2.29 bits per heavy atom. The smallest absolute Gasteiger partial charge is 0.150 e. The van der Waals surface area contributed by atoms with Gasteiger partial charge in [0.05, 0.1) is 0 Å². The van der Waals surface area contributed by atoms with Crippen molar-refractivity contribution in [1.82, 2.24) is 9.97 Å². The van der Waals surface area contributed by atoms with Crippen molar-refractivity contribution in [1.29, 1.82) is 5.26 Å². The first-order chi connectivity index (χ1) is 6.81. The van der Waals surface area contributed by atoms with E-state index in [1.54, 1.807) is 6.20 Å². The molecule has 3 nitrogen and oxygen atoms in total. The zero-order valence-corrected chi connectivity index (χ0v) is 8.38. The number of thiazole rings is 1. The van der Waals surface area contributed by atoms with Crippen molar-refractivity contribution in [2.45, 2.75) is 6.92 Å². The number of hydrogen-bond acceptors (Lipinski definition) is 4. The fourth-order valence-corrected chi connectivity index (χ4v) is 1.83. The van der Waals surface area contributed by atoms with Crippen molar-refractivity contribution in [2.24, 2.45) is 0 Å². The van der Waals surface area contributed by atoms with Crippen LogP contribution in [0.2, 0.25) is 0 Å². The second-order valence-electron chi connectivity index (χ2n) is 2.80. The summed E-state index contributed by atoms with van der Waals surface area (Å²) in [5, 5.41) is 11.6. The van der Waals surface area contributed by atoms with Gasteiger partial charge in [-0.05, 0) is 19.1 Å². The van der Waals surface area contributed by atoms with Crippen LogP contribution in [0.1, 0.15) is 11.4 Å². The van der Waals surface area contributed by atoms with Crippen LogP contribution in [-0.4, -0.2) is 9.97 Å². The van der Waals surface area contributed by atoms with Gasteiger partial charge in [-0.25, -0.2) is 9.97 Å². The molecule has 68 valence electrons. The molecule has 0 atom stereocenters. The van der Waals surface area contributed by atoms with Crippen LogP contribution in [0.5, 0.6) is 0 Å². The lowest BCUT2D eigenvalue weighted by Crippen LogP contribution is -1.90. The van der Waals surface area contributed by atoms with Crippen molar-refractivity contribution in [3.8, 4) is 16.6 Å². The van der Waals surface area contributed by atoms with Gasteiger partial charge in [0.2, 0.25) is 0 Å². The van der Waals surface area contributed by atoms with Crippen LogP contribution in [0.4, 0.5) is 0 Å². The number of hydrogen-bond donors (Lipinski definition) is 0. The quantitative estimate of drug-likeness (QED) is 0.711. The van der Waals surface area contributed by atoms with Crippen molar-refractivity contribution < 1.29 is 0 Å². The Kier molecular flexibility index (Phi) is 2.25. The van der Waals surface area contributed by atoms with Crippen LogP contribution in [-0.2, 0) is 0 Å². The van der Waals surface area contributed by atoms with Gasteiger partial charge < -0.3 is 0 Å². The third-order valence-corrected chi connectivity index (χ3v) is 2.61. The number of rotatable bonds is 1. The molecule has 0 aliphatic heterocycles. The highest BCUT2D eigenvalue weighted by Gasteiger charge is 2.07. The standard InChI is InChI=1S/C10H7N3S/c1-7-2-3-8(9(6-11)13-7)10-12-4-5-14-10/h2-5H,1H3. The molecule has 0 saturated heterocycles. The molecule has 0 fully saturated rings. The monoisotopic (exact) mass is 201 g/mol. The first-order valence-corrected chi connectivity index (χ1v) is 4.97. The molecule has 0 unspecified atom stereocenters. The second-order valence-corrected chi connectivity index (χ2v) is 3.69. The molecular formula is C10H7N3S. The van der Waals surface area contributed by atoms with E-state index >= 15 is 0 Å². The van der Waals surface area contributed by atoms with Crippen LogP contribution in [0, 0.1) is 18.3 Å². The van der Waals surface area contributed by atoms with Crippen LogP contribution in [0.3, 0.4) is 0 Å². The molecular weight excluding hydrogens is 194 g/mol. The van der Waals surface area contributed by atoms with Crippen molar-refractivity contribution in [3.05, 3.63) is 35.1 Å². The van der Waals surface area contributed by atoms with Gasteiger partial charge in [0.1, 0.15) is 11.1 Å². The Balaban J connectivity index is 2.60. The third kappa shape index (κ3) is 1.50. The first-order valence-electron chi connectivity index (χ1n) is 4.09. The Morgan fingerprint density at radius 3 is 2.93 bits per heavy atom. The Morgan fingerprint density at radius 1 is 1.43 bits per heavy atom. The fraction of sp³-hybridized carbons (Fsp3) is 0.100. The SMILES string of the molecule is Cc1ccc(-c2nccs2)c(C#N)n1. The van der Waals surface area contributed by atoms with Crippen molar-refractivity contribution in [3.63, 3.8) is 0 Å². The molecule has 0 bridgehead atoms. The van der Waals surface area contributed by atoms with Crippen LogP contribution in [0.15, 0.2) is 23.7 Å². The van der Waals surface area contributed by atoms with Gasteiger partial charge in [0.25, 0.3) is 0 Å². The molecule has 2 aromatic heterocycles. The number of aromatic nitrogens is 2. The number of pyridine rings is 1. The average Bonchev–Trinajstić information content (AvgIpc) is 2.70. The molecule has 0 N–H and O–H groups in total. The summed E-state index contributed by atoms with van der Waals surface area (Å²) in [5.41, 5.74) is 2.11. The Hall–Kier alpha value is -1.73. The highest BCUT2D eigenvalue weighted by molar-refractivity contribution is 7.13. The summed E-state index contributed by atoms with van der Waals surface area (Å²) in [6, 6.07) is 5.86. The summed E-state index contributed by atoms with van der Waals surface area (Å²) in [6.07, 6.45) is 1.72. The predicted molar refractivity (Wildman–Crippen MR) is 54.8 cm³/mol. The highest BCUT2D eigenvalue weighted by atomic mass is 32.1. The molecule has 0 aliphatic carbocycles. The largest absolute Gasteiger partial charge is 0.244 e. The van der Waals surface area contributed by atoms with Crippen LogP contribution in [0.25, 0.3) is 10.6 Å². The molecule has 0 saturated carbocycles. The third-order valence-electron chi connectivity index (χ3n) is 1.80. The van der Waals surface area contributed by atoms with E-state index in [4.69, 9.17) is 5.26 Å². The van der Waals surface area contributed by atoms with E-state index < -0.39 is 0 Å². The molecule has 4 heteroatoms. The number of nitrogens with zero attached hydrogens (tertiary/aromatic N) is 3. The first kappa shape index (κ1) is 8.85. The Labute approximate surface area is 85.7 Å². The maximum Gasteiger partial charge on any atom is 0.150 e. The lowest BCUT2D eigenvalue weighted by Gasteiger charge is -1.99. The highest BCUT2D eigenvalue weighted by Crippen LogP contribution is 2.24. The zero-order valence-electron chi connectivity index (χ0n) is 7.56. The minimum Gasteiger partial charge on any atom is -0.244 e. The lowest BCUT2D eigenvalue weighted by atomic mass is 10.2. The zero-order chi connectivity index (χ0) is 9.97. The number of aryl methyl sites for hydroxylation is 1. The van der Waals surface area contributed by atoms with E-state index in [2.05, 4.69) is 16.0 Å². The van der Waals surface area contributed by atoms with E-state index in [1.807, 2.05) is 24.4 Å². The van der Waals surface area contributed by atoms with E-state index in [0.29, 0.717) is 5.69 Å². The molecule has 2 heterocycles. The molecule has 0 spiro atoms. The van der Waals surface area contributed by atoms with E-state index in [1.165, 1.54) is 11.3 Å². The molecule has 0 radical (unpaired) electrons. The van der Waals surface area contributed by atoms with E-state index in [0.717, 1.165) is 16.3 Å². The maximum absolute atomic E-state index is 8.91. The molecule has 0 aliphatic rings. The van der Waals surface area contributed by atoms with Crippen LogP contribution >= 0.6 is 11.3 Å². The summed E-state index contributed by atoms with van der Waals surface area (Å²) in [6.45, 7) is 1.87. The lowest BCUT2D eigenvalue weighted by molar-refractivity contribution is 1.16. The Bertz CT molecular complexity index is 483. The molecule has 2 aromatic rings. The van der Waals surface area contributed by atoms with Gasteiger partial charge in [0.15, 0.2) is 5.69 Å². The minimum atomic E-state index is 0.444. The van der Waals surface area contributed by atoms with Gasteiger partial charge >= 0.3 is 0 Å². The minimum absolute atomic E-state index is 0.444. The van der Waals surface area contributed by atoms with Gasteiger partial charge in [-0.15, -0.1) is 11.3 Å². The molecule has 0 aromatic carbocycles. The normalized spacial score (nSPS) is 9.71. The van der Waals surface area contributed by atoms with Crippen molar-refractivity contribution in [2.75, 3.05) is 0 Å². The van der Waals surface area contributed by atoms with Gasteiger partial charge in [-0.1, -0.05) is 0 Å². The predicted octanol–water partition coefficient (Wildman–Crippen LogP) is 2.39. The van der Waals surface area contributed by atoms with E-state index in [9.17, 15) is 0 Å². The summed E-state index contributed by atoms with van der Waals surface area (Å²) in [4.78, 5) is 8.31. The van der Waals surface area contributed by atoms with Crippen LogP contribution < -0.4 is 0 Å². The summed E-state index contributed by atoms with van der Waals surface area (Å²) in [7, 11) is 0. The van der Waals surface area contributed by atoms with Crippen molar-refractivity contribution >= 4 is 11.3 Å². The molecule has 0 amide bonds. The second kappa shape index (κ2) is 3.56.